The molecular weight excluding hydrogens is 1230 g/mol. The van der Waals surface area contributed by atoms with Crippen molar-refractivity contribution in [3.8, 4) is 0 Å². The number of hydrogen-bond donors (Lipinski definition) is 3. The number of esters is 4. The summed E-state index contributed by atoms with van der Waals surface area (Å²) < 4.78 is 68.4. The third-order valence-corrected chi connectivity index (χ3v) is 19.4. The fourth-order valence-electron chi connectivity index (χ4n) is 11.5. The van der Waals surface area contributed by atoms with Crippen molar-refractivity contribution in [2.75, 3.05) is 39.6 Å². The van der Waals surface area contributed by atoms with E-state index in [9.17, 15) is 43.2 Å². The second-order valence-electron chi connectivity index (χ2n) is 27.5. The Morgan fingerprint density at radius 1 is 0.287 bits per heavy atom. The lowest BCUT2D eigenvalue weighted by Gasteiger charge is -2.21. The largest absolute Gasteiger partial charge is 0.472 e. The zero-order valence-electron chi connectivity index (χ0n) is 61.1. The second-order valence-corrected chi connectivity index (χ2v) is 30.4. The van der Waals surface area contributed by atoms with Gasteiger partial charge in [0.1, 0.15) is 19.3 Å². The Balaban J connectivity index is 5.18. The smallest absolute Gasteiger partial charge is 0.462 e. The average molecular weight is 1380 g/mol. The highest BCUT2D eigenvalue weighted by Gasteiger charge is 2.30. The maximum absolute atomic E-state index is 13.1. The van der Waals surface area contributed by atoms with Crippen LogP contribution in [-0.4, -0.2) is 96.7 Å². The third-order valence-electron chi connectivity index (χ3n) is 17.5. The summed E-state index contributed by atoms with van der Waals surface area (Å²) in [6.45, 7) is 7.30. The quantitative estimate of drug-likeness (QED) is 0.0222. The normalized spacial score (nSPS) is 14.0. The minimum Gasteiger partial charge on any atom is -0.462 e. The lowest BCUT2D eigenvalue weighted by atomic mass is 10.0. The van der Waals surface area contributed by atoms with Crippen molar-refractivity contribution in [3.05, 3.63) is 0 Å². The van der Waals surface area contributed by atoms with E-state index < -0.39 is 97.5 Å². The molecule has 0 aliphatic carbocycles. The van der Waals surface area contributed by atoms with Gasteiger partial charge in [-0.05, 0) is 31.6 Å². The molecule has 0 saturated heterocycles. The highest BCUT2D eigenvalue weighted by molar-refractivity contribution is 7.47. The van der Waals surface area contributed by atoms with Gasteiger partial charge in [0.05, 0.1) is 26.4 Å². The summed E-state index contributed by atoms with van der Waals surface area (Å²) in [5.41, 5.74) is 0. The van der Waals surface area contributed by atoms with Gasteiger partial charge in [0.15, 0.2) is 12.2 Å². The Labute approximate surface area is 575 Å². The zero-order chi connectivity index (χ0) is 69.1. The van der Waals surface area contributed by atoms with Gasteiger partial charge >= 0.3 is 39.5 Å². The van der Waals surface area contributed by atoms with Crippen molar-refractivity contribution in [1.82, 2.24) is 0 Å². The van der Waals surface area contributed by atoms with Crippen LogP contribution < -0.4 is 0 Å². The number of rotatable bonds is 75. The summed E-state index contributed by atoms with van der Waals surface area (Å²) in [5, 5.41) is 10.6. The first-order valence-electron chi connectivity index (χ1n) is 39.1. The molecule has 0 heterocycles. The Bertz CT molecular complexity index is 1810. The molecule has 3 N–H and O–H groups in total. The van der Waals surface area contributed by atoms with Crippen LogP contribution >= 0.6 is 15.6 Å². The van der Waals surface area contributed by atoms with Crippen LogP contribution in [0.1, 0.15) is 394 Å². The lowest BCUT2D eigenvalue weighted by molar-refractivity contribution is -0.161. The third kappa shape index (κ3) is 68.6. The molecule has 0 aromatic heterocycles. The predicted molar refractivity (Wildman–Crippen MR) is 382 cm³/mol. The van der Waals surface area contributed by atoms with Gasteiger partial charge in [-0.1, -0.05) is 343 Å². The van der Waals surface area contributed by atoms with E-state index in [0.717, 1.165) is 95.8 Å². The van der Waals surface area contributed by atoms with Gasteiger partial charge in [0.25, 0.3) is 0 Å². The van der Waals surface area contributed by atoms with Crippen molar-refractivity contribution in [1.29, 1.82) is 0 Å². The monoisotopic (exact) mass is 1380 g/mol. The summed E-state index contributed by atoms with van der Waals surface area (Å²) in [7, 11) is -9.90. The van der Waals surface area contributed by atoms with Crippen LogP contribution in [0.15, 0.2) is 0 Å². The van der Waals surface area contributed by atoms with Gasteiger partial charge in [-0.25, -0.2) is 9.13 Å². The van der Waals surface area contributed by atoms with Gasteiger partial charge in [-0.15, -0.1) is 0 Å². The second kappa shape index (κ2) is 68.2. The first-order valence-corrected chi connectivity index (χ1v) is 42.1. The van der Waals surface area contributed by atoms with Crippen LogP contribution in [0.2, 0.25) is 0 Å². The van der Waals surface area contributed by atoms with E-state index in [4.69, 9.17) is 37.0 Å². The summed E-state index contributed by atoms with van der Waals surface area (Å²) >= 11 is 0. The highest BCUT2D eigenvalue weighted by Crippen LogP contribution is 2.45. The fraction of sp³-hybridized carbons (Fsp3) is 0.947. The van der Waals surface area contributed by atoms with E-state index in [0.29, 0.717) is 25.7 Å². The number of unbranched alkanes of at least 4 members (excludes halogenated alkanes) is 47. The van der Waals surface area contributed by atoms with Crippen molar-refractivity contribution in [3.63, 3.8) is 0 Å². The minimum atomic E-state index is -4.95. The maximum Gasteiger partial charge on any atom is 0.472 e. The molecule has 0 saturated carbocycles. The van der Waals surface area contributed by atoms with Crippen LogP contribution in [-0.2, 0) is 65.4 Å². The molecule has 19 heteroatoms. The molecule has 0 aliphatic heterocycles. The van der Waals surface area contributed by atoms with Crippen molar-refractivity contribution < 1.29 is 80.2 Å². The topological polar surface area (TPSA) is 237 Å². The standard InChI is InChI=1S/C75H146O17P2/c1-6-9-12-15-18-21-23-30-35-39-44-49-54-59-73(78)86-65-71(92-75(80)61-56-51-46-41-36-32-29-27-25-24-26-28-31-34-38-42-47-52-57-68(4)5)67-90-94(83,84)88-63-69(76)62-87-93(81,82)89-66-70(64-85-72(77)58-53-48-43-37-20-17-14-11-8-3)91-74(79)60-55-50-45-40-33-22-19-16-13-10-7-2/h68-71,76H,6-67H2,1-5H3,(H,81,82)(H,83,84)/t69-,70+,71+/m0/s1. The van der Waals surface area contributed by atoms with Crippen LogP contribution in [0.4, 0.5) is 0 Å². The molecule has 0 aliphatic rings. The van der Waals surface area contributed by atoms with E-state index in [-0.39, 0.29) is 25.7 Å². The van der Waals surface area contributed by atoms with Crippen LogP contribution in [0.3, 0.4) is 0 Å². The van der Waals surface area contributed by atoms with Gasteiger partial charge in [-0.2, -0.15) is 0 Å². The van der Waals surface area contributed by atoms with E-state index in [1.54, 1.807) is 0 Å². The number of carbonyl (C=O) groups excluding carboxylic acids is 4. The number of hydrogen-bond acceptors (Lipinski definition) is 15. The van der Waals surface area contributed by atoms with E-state index >= 15 is 0 Å². The van der Waals surface area contributed by atoms with Crippen molar-refractivity contribution in [2.24, 2.45) is 5.92 Å². The van der Waals surface area contributed by atoms with Gasteiger partial charge in [0, 0.05) is 25.7 Å². The molecule has 0 fully saturated rings. The molecule has 2 unspecified atom stereocenters. The molecule has 0 aromatic carbocycles. The molecule has 0 aromatic rings. The number of ether oxygens (including phenoxy) is 4. The van der Waals surface area contributed by atoms with Crippen LogP contribution in [0.5, 0.6) is 0 Å². The molecular formula is C75H146O17P2. The number of phosphoric ester groups is 2. The number of aliphatic hydroxyl groups excluding tert-OH is 1. The molecule has 5 atom stereocenters. The van der Waals surface area contributed by atoms with Gasteiger partial charge < -0.3 is 33.8 Å². The molecule has 558 valence electrons. The number of phosphoric acid groups is 2. The Morgan fingerprint density at radius 3 is 0.723 bits per heavy atom. The average Bonchev–Trinajstić information content (AvgIpc) is 1.27. The molecule has 17 nitrogen and oxygen atoms in total. The summed E-state index contributed by atoms with van der Waals surface area (Å²) in [6, 6.07) is 0. The number of aliphatic hydroxyl groups is 1. The number of carbonyl (C=O) groups is 4. The zero-order valence-corrected chi connectivity index (χ0v) is 62.9. The van der Waals surface area contributed by atoms with Crippen molar-refractivity contribution in [2.45, 2.75) is 412 Å². The van der Waals surface area contributed by atoms with Crippen LogP contribution in [0, 0.1) is 5.92 Å². The van der Waals surface area contributed by atoms with E-state index in [1.807, 2.05) is 0 Å². The van der Waals surface area contributed by atoms with Crippen LogP contribution in [0.25, 0.3) is 0 Å². The molecule has 0 radical (unpaired) electrons. The Morgan fingerprint density at radius 2 is 0.489 bits per heavy atom. The first kappa shape index (κ1) is 92.1. The summed E-state index contributed by atoms with van der Waals surface area (Å²) in [4.78, 5) is 72.7. The Hall–Kier alpha value is -1.94. The molecule has 0 spiro atoms. The molecule has 0 bridgehead atoms. The lowest BCUT2D eigenvalue weighted by Crippen LogP contribution is -2.30. The Kier molecular flexibility index (Phi) is 66.8. The predicted octanol–water partition coefficient (Wildman–Crippen LogP) is 22.1. The first-order chi connectivity index (χ1) is 45.5. The minimum absolute atomic E-state index is 0.107. The van der Waals surface area contributed by atoms with E-state index in [2.05, 4.69) is 34.6 Å². The fourth-order valence-corrected chi connectivity index (χ4v) is 13.1. The van der Waals surface area contributed by atoms with Gasteiger partial charge in [-0.3, -0.25) is 37.3 Å². The van der Waals surface area contributed by atoms with E-state index in [1.165, 1.54) is 218 Å². The molecule has 0 rings (SSSR count). The maximum atomic E-state index is 13.1. The summed E-state index contributed by atoms with van der Waals surface area (Å²) in [6.07, 6.45) is 56.8. The summed E-state index contributed by atoms with van der Waals surface area (Å²) in [5.74, 6) is -1.29. The van der Waals surface area contributed by atoms with Crippen molar-refractivity contribution >= 4 is 39.5 Å². The molecule has 94 heavy (non-hydrogen) atoms. The van der Waals surface area contributed by atoms with Gasteiger partial charge in [0.2, 0.25) is 0 Å². The highest BCUT2D eigenvalue weighted by atomic mass is 31.2. The molecule has 0 amide bonds. The SMILES string of the molecule is CCCCCCCCCCCCCCCC(=O)OC[C@H](COP(=O)(O)OC[C@@H](O)COP(=O)(O)OC[C@@H](COC(=O)CCCCCCCCCCC)OC(=O)CCCCCCCCCCCCC)OC(=O)CCCCCCCCCCCCCCCCCCCCC(C)C.